The van der Waals surface area contributed by atoms with E-state index in [1.54, 1.807) is 37.3 Å². The number of hydrogen-bond acceptors (Lipinski definition) is 4. The second-order valence-electron chi connectivity index (χ2n) is 7.90. The molecule has 8 heteroatoms. The van der Waals surface area contributed by atoms with Gasteiger partial charge in [0.15, 0.2) is 0 Å². The van der Waals surface area contributed by atoms with E-state index >= 15 is 0 Å². The van der Waals surface area contributed by atoms with Crippen molar-refractivity contribution in [3.05, 3.63) is 113 Å². The van der Waals surface area contributed by atoms with E-state index in [0.29, 0.717) is 22.4 Å². The second kappa shape index (κ2) is 8.90. The van der Waals surface area contributed by atoms with Crippen molar-refractivity contribution in [1.29, 1.82) is 0 Å². The molecular formula is C26H20F2N4O2. The summed E-state index contributed by atoms with van der Waals surface area (Å²) < 4.78 is 33.6. The number of nitrogens with one attached hydrogen (secondary N) is 1. The van der Waals surface area contributed by atoms with Gasteiger partial charge in [-0.2, -0.15) is 4.98 Å². The quantitative estimate of drug-likeness (QED) is 0.416. The Hall–Kier alpha value is -4.33. The number of rotatable bonds is 5. The van der Waals surface area contributed by atoms with Crippen molar-refractivity contribution < 1.29 is 18.1 Å². The monoisotopic (exact) mass is 458 g/mol. The summed E-state index contributed by atoms with van der Waals surface area (Å²) in [6, 6.07) is 20.6. The lowest BCUT2D eigenvalue weighted by molar-refractivity contribution is 0.202. The van der Waals surface area contributed by atoms with Crippen LogP contribution in [0.4, 0.5) is 13.6 Å². The van der Waals surface area contributed by atoms with E-state index in [1.807, 2.05) is 30.3 Å². The highest BCUT2D eigenvalue weighted by molar-refractivity contribution is 5.86. The van der Waals surface area contributed by atoms with Crippen LogP contribution in [0.2, 0.25) is 0 Å². The molecule has 4 aromatic rings. The molecule has 1 aromatic heterocycles. The third kappa shape index (κ3) is 4.05. The van der Waals surface area contributed by atoms with Crippen LogP contribution in [0.1, 0.15) is 30.0 Å². The summed E-state index contributed by atoms with van der Waals surface area (Å²) in [4.78, 5) is 19.0. The standard InChI is InChI=1S/C26H20F2N4O2/c1-16-22(25-30-24(31-34-25)18-11-7-12-20(27)14-18)23(17-8-3-2-4-9-17)29-26(33)32(16)15-19-10-5-6-13-21(19)28/h2-14,23H,15H2,1H3,(H,29,33). The van der Waals surface area contributed by atoms with E-state index in [9.17, 15) is 13.6 Å². The minimum absolute atomic E-state index is 0.0280. The van der Waals surface area contributed by atoms with Crippen LogP contribution in [0.25, 0.3) is 17.0 Å². The fourth-order valence-electron chi connectivity index (χ4n) is 4.02. The maximum absolute atomic E-state index is 14.3. The Morgan fingerprint density at radius 1 is 1.00 bits per heavy atom. The summed E-state index contributed by atoms with van der Waals surface area (Å²) in [5, 5.41) is 7.01. The van der Waals surface area contributed by atoms with Gasteiger partial charge in [0.25, 0.3) is 5.89 Å². The third-order valence-corrected chi connectivity index (χ3v) is 5.75. The van der Waals surface area contributed by atoms with Gasteiger partial charge < -0.3 is 9.84 Å². The van der Waals surface area contributed by atoms with Crippen LogP contribution in [-0.2, 0) is 6.54 Å². The predicted octanol–water partition coefficient (Wildman–Crippen LogP) is 5.71. The van der Waals surface area contributed by atoms with Crippen LogP contribution in [-0.4, -0.2) is 21.1 Å². The average molecular weight is 458 g/mol. The van der Waals surface area contributed by atoms with Crippen molar-refractivity contribution in [1.82, 2.24) is 20.4 Å². The Labute approximate surface area is 194 Å². The summed E-state index contributed by atoms with van der Waals surface area (Å²) in [6.45, 7) is 1.79. The molecule has 0 saturated carbocycles. The van der Waals surface area contributed by atoms with Crippen molar-refractivity contribution in [2.24, 2.45) is 0 Å². The number of allylic oxidation sites excluding steroid dienone is 1. The Morgan fingerprint density at radius 3 is 2.53 bits per heavy atom. The lowest BCUT2D eigenvalue weighted by atomic mass is 9.94. The second-order valence-corrected chi connectivity index (χ2v) is 7.90. The first-order valence-corrected chi connectivity index (χ1v) is 10.7. The maximum atomic E-state index is 14.3. The molecule has 170 valence electrons. The Kier molecular flexibility index (Phi) is 5.63. The molecule has 1 N–H and O–H groups in total. The van der Waals surface area contributed by atoms with Crippen LogP contribution in [0.5, 0.6) is 0 Å². The summed E-state index contributed by atoms with van der Waals surface area (Å²) >= 11 is 0. The number of urea groups is 1. The Morgan fingerprint density at radius 2 is 1.76 bits per heavy atom. The zero-order valence-corrected chi connectivity index (χ0v) is 18.2. The third-order valence-electron chi connectivity index (χ3n) is 5.75. The van der Waals surface area contributed by atoms with Gasteiger partial charge in [0.2, 0.25) is 5.82 Å². The SMILES string of the molecule is CC1=C(c2nc(-c3cccc(F)c3)no2)C(c2ccccc2)NC(=O)N1Cc1ccccc1F. The van der Waals surface area contributed by atoms with Gasteiger partial charge in [0.1, 0.15) is 11.6 Å². The molecule has 2 heterocycles. The van der Waals surface area contributed by atoms with Crippen molar-refractivity contribution in [2.75, 3.05) is 0 Å². The van der Waals surface area contributed by atoms with Crippen LogP contribution in [0.3, 0.4) is 0 Å². The fourth-order valence-corrected chi connectivity index (χ4v) is 4.02. The predicted molar refractivity (Wildman–Crippen MR) is 122 cm³/mol. The average Bonchev–Trinajstić information content (AvgIpc) is 3.33. The molecule has 1 aliphatic heterocycles. The number of carbonyl (C=O) groups excluding carboxylic acids is 1. The van der Waals surface area contributed by atoms with E-state index in [0.717, 1.165) is 5.56 Å². The highest BCUT2D eigenvalue weighted by Crippen LogP contribution is 2.38. The molecule has 34 heavy (non-hydrogen) atoms. The highest BCUT2D eigenvalue weighted by Gasteiger charge is 2.36. The molecule has 0 spiro atoms. The van der Waals surface area contributed by atoms with E-state index in [-0.39, 0.29) is 24.3 Å². The zero-order chi connectivity index (χ0) is 23.7. The maximum Gasteiger partial charge on any atom is 0.322 e. The number of carbonyl (C=O) groups is 1. The number of nitrogens with zero attached hydrogens (tertiary/aromatic N) is 3. The van der Waals surface area contributed by atoms with Crippen molar-refractivity contribution in [2.45, 2.75) is 19.5 Å². The first-order valence-electron chi connectivity index (χ1n) is 10.7. The Bertz CT molecular complexity index is 1380. The van der Waals surface area contributed by atoms with Crippen LogP contribution >= 0.6 is 0 Å². The molecule has 1 atom stereocenters. The highest BCUT2D eigenvalue weighted by atomic mass is 19.1. The largest absolute Gasteiger partial charge is 0.334 e. The first kappa shape index (κ1) is 21.5. The Balaban J connectivity index is 1.61. The molecule has 0 radical (unpaired) electrons. The molecule has 0 saturated heterocycles. The van der Waals surface area contributed by atoms with E-state index < -0.39 is 17.7 Å². The first-order chi connectivity index (χ1) is 16.5. The molecular weight excluding hydrogens is 438 g/mol. The summed E-state index contributed by atoms with van der Waals surface area (Å²) in [5.74, 6) is -0.410. The molecule has 0 fully saturated rings. The number of benzene rings is 3. The summed E-state index contributed by atoms with van der Waals surface area (Å²) in [7, 11) is 0. The van der Waals surface area contributed by atoms with Crippen molar-refractivity contribution >= 4 is 11.6 Å². The molecule has 0 bridgehead atoms. The van der Waals surface area contributed by atoms with Gasteiger partial charge >= 0.3 is 6.03 Å². The lowest BCUT2D eigenvalue weighted by Gasteiger charge is -2.35. The molecule has 1 unspecified atom stereocenters. The van der Waals surface area contributed by atoms with Crippen LogP contribution in [0.15, 0.2) is 89.1 Å². The summed E-state index contributed by atoms with van der Waals surface area (Å²) in [6.07, 6.45) is 0. The molecule has 1 aliphatic rings. The normalized spacial score (nSPS) is 16.0. The number of amides is 2. The van der Waals surface area contributed by atoms with Crippen molar-refractivity contribution in [3.8, 4) is 11.4 Å². The van der Waals surface area contributed by atoms with Crippen LogP contribution < -0.4 is 5.32 Å². The van der Waals surface area contributed by atoms with Gasteiger partial charge in [-0.15, -0.1) is 0 Å². The minimum Gasteiger partial charge on any atom is -0.334 e. The van der Waals surface area contributed by atoms with Crippen LogP contribution in [0, 0.1) is 11.6 Å². The van der Waals surface area contributed by atoms with Gasteiger partial charge in [-0.25, -0.2) is 13.6 Å². The lowest BCUT2D eigenvalue weighted by Crippen LogP contribution is -2.45. The minimum atomic E-state index is -0.564. The van der Waals surface area contributed by atoms with Gasteiger partial charge in [-0.05, 0) is 30.7 Å². The smallest absolute Gasteiger partial charge is 0.322 e. The van der Waals surface area contributed by atoms with Crippen molar-refractivity contribution in [3.63, 3.8) is 0 Å². The van der Waals surface area contributed by atoms with Gasteiger partial charge in [-0.3, -0.25) is 4.90 Å². The van der Waals surface area contributed by atoms with Gasteiger partial charge in [0.05, 0.1) is 18.2 Å². The number of halogens is 2. The fraction of sp³-hybridized carbons (Fsp3) is 0.115. The van der Waals surface area contributed by atoms with Gasteiger partial charge in [0, 0.05) is 16.8 Å². The molecule has 5 rings (SSSR count). The van der Waals surface area contributed by atoms with E-state index in [1.165, 1.54) is 23.1 Å². The van der Waals surface area contributed by atoms with Gasteiger partial charge in [-0.1, -0.05) is 65.8 Å². The van der Waals surface area contributed by atoms with E-state index in [4.69, 9.17) is 4.52 Å². The topological polar surface area (TPSA) is 71.3 Å². The number of hydrogen-bond donors (Lipinski definition) is 1. The zero-order valence-electron chi connectivity index (χ0n) is 18.2. The number of aromatic nitrogens is 2. The molecule has 2 amide bonds. The molecule has 3 aromatic carbocycles. The molecule has 0 aliphatic carbocycles. The van der Waals surface area contributed by atoms with E-state index in [2.05, 4.69) is 15.5 Å². The summed E-state index contributed by atoms with van der Waals surface area (Å²) in [5.41, 5.74) is 2.79. The molecule has 6 nitrogen and oxygen atoms in total.